The van der Waals surface area contributed by atoms with Crippen LogP contribution in [-0.4, -0.2) is 24.2 Å². The largest absolute Gasteiger partial charge is 0.366 e. The van der Waals surface area contributed by atoms with Crippen molar-refractivity contribution in [3.05, 3.63) is 40.2 Å². The number of benzene rings is 1. The summed E-state index contributed by atoms with van der Waals surface area (Å²) in [6, 6.07) is 2.78. The minimum Gasteiger partial charge on any atom is -0.366 e. The molecule has 6 heteroatoms. The summed E-state index contributed by atoms with van der Waals surface area (Å²) in [5, 5.41) is 0.116. The van der Waals surface area contributed by atoms with Crippen molar-refractivity contribution in [2.24, 2.45) is 17.6 Å². The van der Waals surface area contributed by atoms with Gasteiger partial charge in [0, 0.05) is 31.4 Å². The Kier molecular flexibility index (Phi) is 3.60. The average Bonchev–Trinajstić information content (AvgIpc) is 3.32. The zero-order valence-electron chi connectivity index (χ0n) is 13.6. The van der Waals surface area contributed by atoms with Crippen molar-refractivity contribution >= 4 is 16.6 Å². The molecule has 4 nitrogen and oxygen atoms in total. The monoisotopic (exact) mass is 333 g/mol. The molecule has 2 heterocycles. The number of fused-ring (bicyclic) bond motifs is 1. The van der Waals surface area contributed by atoms with Gasteiger partial charge in [-0.1, -0.05) is 6.92 Å². The Hall–Kier alpha value is -1.95. The fourth-order valence-electron chi connectivity index (χ4n) is 3.82. The second kappa shape index (κ2) is 5.55. The van der Waals surface area contributed by atoms with E-state index in [0.29, 0.717) is 19.6 Å². The number of rotatable bonds is 3. The molecule has 0 spiro atoms. The van der Waals surface area contributed by atoms with Gasteiger partial charge in [0.05, 0.1) is 10.9 Å². The van der Waals surface area contributed by atoms with Crippen molar-refractivity contribution in [3.8, 4) is 0 Å². The minimum absolute atomic E-state index is 0.0229. The third-order valence-corrected chi connectivity index (χ3v) is 5.41. The normalized spacial score (nSPS) is 24.1. The van der Waals surface area contributed by atoms with Crippen LogP contribution < -0.4 is 16.1 Å². The van der Waals surface area contributed by atoms with Crippen LogP contribution in [0.5, 0.6) is 0 Å². The van der Waals surface area contributed by atoms with E-state index in [1.54, 1.807) is 15.7 Å². The maximum Gasteiger partial charge on any atom is 0.189 e. The molecule has 0 bridgehead atoms. The zero-order valence-corrected chi connectivity index (χ0v) is 13.6. The Balaban J connectivity index is 1.91. The molecular weight excluding hydrogens is 312 g/mol. The standard InChI is InChI=1S/C18H21F2N3O/c1-10-8-22(9-11(10)7-21)18-14(19)6-13-15(24)4-5-23(12-2-3-12)17(13)16(18)20/h4-6,10-12H,2-3,7-9,21H2,1H3. The van der Waals surface area contributed by atoms with Gasteiger partial charge in [-0.3, -0.25) is 4.79 Å². The Morgan fingerprint density at radius 3 is 2.67 bits per heavy atom. The van der Waals surface area contributed by atoms with Crippen LogP contribution in [0.2, 0.25) is 0 Å². The van der Waals surface area contributed by atoms with E-state index in [2.05, 4.69) is 6.92 Å². The highest BCUT2D eigenvalue weighted by atomic mass is 19.1. The molecule has 2 aliphatic rings. The van der Waals surface area contributed by atoms with Crippen LogP contribution in [0.3, 0.4) is 0 Å². The average molecular weight is 333 g/mol. The van der Waals surface area contributed by atoms with Gasteiger partial charge in [0.1, 0.15) is 11.5 Å². The number of halogens is 2. The van der Waals surface area contributed by atoms with Crippen LogP contribution in [0.15, 0.2) is 23.1 Å². The van der Waals surface area contributed by atoms with Crippen molar-refractivity contribution in [2.75, 3.05) is 24.5 Å². The van der Waals surface area contributed by atoms with E-state index in [1.165, 1.54) is 12.1 Å². The first-order valence-corrected chi connectivity index (χ1v) is 8.49. The van der Waals surface area contributed by atoms with Crippen molar-refractivity contribution in [2.45, 2.75) is 25.8 Å². The number of anilines is 1. The van der Waals surface area contributed by atoms with E-state index in [0.717, 1.165) is 12.8 Å². The second-order valence-corrected chi connectivity index (χ2v) is 7.11. The van der Waals surface area contributed by atoms with Crippen LogP contribution in [0.1, 0.15) is 25.8 Å². The molecule has 0 radical (unpaired) electrons. The summed E-state index contributed by atoms with van der Waals surface area (Å²) in [5.74, 6) is -0.790. The van der Waals surface area contributed by atoms with Gasteiger partial charge in [-0.25, -0.2) is 8.78 Å². The lowest BCUT2D eigenvalue weighted by molar-refractivity contribution is 0.463. The van der Waals surface area contributed by atoms with Gasteiger partial charge in [0.15, 0.2) is 11.2 Å². The maximum absolute atomic E-state index is 15.3. The predicted molar refractivity (Wildman–Crippen MR) is 90.3 cm³/mol. The summed E-state index contributed by atoms with van der Waals surface area (Å²) in [7, 11) is 0. The van der Waals surface area contributed by atoms with Gasteiger partial charge in [-0.15, -0.1) is 0 Å². The molecule has 1 aromatic heterocycles. The van der Waals surface area contributed by atoms with E-state index in [4.69, 9.17) is 5.73 Å². The number of nitrogens with two attached hydrogens (primary N) is 1. The SMILES string of the molecule is CC1CN(c2c(F)cc3c(=O)ccn(C4CC4)c3c2F)CC1CN. The Bertz CT molecular complexity index is 859. The summed E-state index contributed by atoms with van der Waals surface area (Å²) in [6.45, 7) is 3.66. The van der Waals surface area contributed by atoms with Gasteiger partial charge in [0.2, 0.25) is 0 Å². The first-order chi connectivity index (χ1) is 11.5. The maximum atomic E-state index is 15.3. The van der Waals surface area contributed by atoms with Crippen LogP contribution in [0.4, 0.5) is 14.5 Å². The topological polar surface area (TPSA) is 51.3 Å². The van der Waals surface area contributed by atoms with E-state index in [1.807, 2.05) is 0 Å². The first-order valence-electron chi connectivity index (χ1n) is 8.49. The van der Waals surface area contributed by atoms with Crippen molar-refractivity contribution in [1.29, 1.82) is 0 Å². The van der Waals surface area contributed by atoms with Crippen LogP contribution >= 0.6 is 0 Å². The summed E-state index contributed by atoms with van der Waals surface area (Å²) < 4.78 is 31.7. The molecule has 2 atom stereocenters. The van der Waals surface area contributed by atoms with Crippen LogP contribution in [-0.2, 0) is 0 Å². The third-order valence-electron chi connectivity index (χ3n) is 5.41. The van der Waals surface area contributed by atoms with E-state index in [9.17, 15) is 9.18 Å². The summed E-state index contributed by atoms with van der Waals surface area (Å²) in [5.41, 5.74) is 5.62. The number of nitrogens with zero attached hydrogens (tertiary/aromatic N) is 2. The molecule has 1 saturated carbocycles. The fourth-order valence-corrected chi connectivity index (χ4v) is 3.82. The number of aromatic nitrogens is 1. The number of pyridine rings is 1. The first kappa shape index (κ1) is 15.6. The molecule has 128 valence electrons. The lowest BCUT2D eigenvalue weighted by Gasteiger charge is -2.22. The van der Waals surface area contributed by atoms with Gasteiger partial charge in [0.25, 0.3) is 0 Å². The van der Waals surface area contributed by atoms with Crippen molar-refractivity contribution in [1.82, 2.24) is 4.57 Å². The van der Waals surface area contributed by atoms with Gasteiger partial charge in [-0.05, 0) is 37.3 Å². The Morgan fingerprint density at radius 2 is 2.04 bits per heavy atom. The lowest BCUT2D eigenvalue weighted by atomic mass is 9.99. The highest BCUT2D eigenvalue weighted by Gasteiger charge is 2.34. The molecule has 0 amide bonds. The van der Waals surface area contributed by atoms with Gasteiger partial charge >= 0.3 is 0 Å². The molecule has 2 fully saturated rings. The fraction of sp³-hybridized carbons (Fsp3) is 0.500. The molecule has 1 aromatic carbocycles. The summed E-state index contributed by atoms with van der Waals surface area (Å²) in [4.78, 5) is 13.8. The summed E-state index contributed by atoms with van der Waals surface area (Å²) >= 11 is 0. The minimum atomic E-state index is -0.671. The second-order valence-electron chi connectivity index (χ2n) is 7.11. The Labute approximate surface area is 138 Å². The molecule has 1 aliphatic carbocycles. The van der Waals surface area contributed by atoms with Crippen LogP contribution in [0, 0.1) is 23.5 Å². The highest BCUT2D eigenvalue weighted by molar-refractivity contribution is 5.84. The van der Waals surface area contributed by atoms with Crippen molar-refractivity contribution in [3.63, 3.8) is 0 Å². The molecule has 4 rings (SSSR count). The Morgan fingerprint density at radius 1 is 1.29 bits per heavy atom. The van der Waals surface area contributed by atoms with Gasteiger partial charge in [-0.2, -0.15) is 0 Å². The zero-order chi connectivity index (χ0) is 17.0. The molecule has 2 aromatic rings. The van der Waals surface area contributed by atoms with E-state index < -0.39 is 11.6 Å². The summed E-state index contributed by atoms with van der Waals surface area (Å²) in [6.07, 6.45) is 3.54. The molecule has 1 aliphatic heterocycles. The molecule has 2 unspecified atom stereocenters. The molecule has 1 saturated heterocycles. The molecule has 24 heavy (non-hydrogen) atoms. The van der Waals surface area contributed by atoms with Gasteiger partial charge < -0.3 is 15.2 Å². The number of hydrogen-bond donors (Lipinski definition) is 1. The predicted octanol–water partition coefficient (Wildman–Crippen LogP) is 2.65. The lowest BCUT2D eigenvalue weighted by Crippen LogP contribution is -2.25. The highest BCUT2D eigenvalue weighted by Crippen LogP contribution is 2.40. The van der Waals surface area contributed by atoms with E-state index in [-0.39, 0.29) is 39.9 Å². The third kappa shape index (κ3) is 2.32. The van der Waals surface area contributed by atoms with Crippen molar-refractivity contribution < 1.29 is 8.78 Å². The van der Waals surface area contributed by atoms with E-state index >= 15 is 4.39 Å². The smallest absolute Gasteiger partial charge is 0.189 e. The molecular formula is C18H21F2N3O. The molecule has 2 N–H and O–H groups in total. The number of hydrogen-bond acceptors (Lipinski definition) is 3. The quantitative estimate of drug-likeness (QED) is 0.939. The van der Waals surface area contributed by atoms with Crippen LogP contribution in [0.25, 0.3) is 10.9 Å².